The molecule has 13 nitrogen and oxygen atoms in total. The molecule has 0 amide bonds. The predicted molar refractivity (Wildman–Crippen MR) is 74.8 cm³/mol. The van der Waals surface area contributed by atoms with Gasteiger partial charge in [-0.05, 0) is 0 Å². The molecule has 1 aromatic heterocycles. The van der Waals surface area contributed by atoms with Crippen molar-refractivity contribution in [2.45, 2.75) is 31.2 Å². The highest BCUT2D eigenvalue weighted by Gasteiger charge is 2.45. The van der Waals surface area contributed by atoms with Crippen molar-refractivity contribution >= 4 is 15.6 Å². The fourth-order valence-corrected chi connectivity index (χ4v) is 3.68. The van der Waals surface area contributed by atoms with Gasteiger partial charge in [-0.2, -0.15) is 4.31 Å². The van der Waals surface area contributed by atoms with Crippen molar-refractivity contribution in [3.05, 3.63) is 33.1 Å². The molecule has 0 bridgehead atoms. The molecule has 2 rings (SSSR count). The van der Waals surface area contributed by atoms with E-state index in [9.17, 15) is 28.2 Å². The molecule has 5 atom stereocenters. The quantitative estimate of drug-likeness (QED) is 0.352. The third-order valence-electron chi connectivity index (χ3n) is 3.00. The average Bonchev–Trinajstić information content (AvgIpc) is 2.77. The Labute approximate surface area is 137 Å². The molecule has 0 radical (unpaired) electrons. The fourth-order valence-electron chi connectivity index (χ4n) is 2.08. The lowest BCUT2D eigenvalue weighted by Crippen LogP contribution is -2.34. The van der Waals surface area contributed by atoms with E-state index in [0.717, 1.165) is 16.8 Å². The maximum absolute atomic E-state index is 14.0. The minimum absolute atomic E-state index is 0.338. The van der Waals surface area contributed by atoms with Crippen LogP contribution in [-0.4, -0.2) is 47.9 Å². The van der Waals surface area contributed by atoms with Crippen LogP contribution in [0.25, 0.3) is 0 Å². The molecule has 0 saturated carbocycles. The van der Waals surface area contributed by atoms with Crippen LogP contribution in [0.4, 0.5) is 4.39 Å². The Hall–Kier alpha value is -1.21. The molecule has 1 aromatic rings. The normalized spacial score (nSPS) is 27.8. The standard InChI is InChI=1S/C9H13FN2O11P2/c10-8(22-25(19,20)23-24(16,17)18)7-4(13)3-6(21-7)12-2-1-5(14)11-9(12)15/h1-2,4,6-8,13H,3H2,(H,19,20)(H,11,14,15)(H2,16,17,18)/t4-,6+,7-,8?/m0/s1. The van der Waals surface area contributed by atoms with Crippen LogP contribution in [0.5, 0.6) is 0 Å². The summed E-state index contributed by atoms with van der Waals surface area (Å²) >= 11 is 0. The summed E-state index contributed by atoms with van der Waals surface area (Å²) in [6.45, 7) is 0. The van der Waals surface area contributed by atoms with Gasteiger partial charge in [-0.15, -0.1) is 0 Å². The highest BCUT2D eigenvalue weighted by Crippen LogP contribution is 2.58. The number of aromatic nitrogens is 2. The van der Waals surface area contributed by atoms with Gasteiger partial charge < -0.3 is 24.5 Å². The third-order valence-corrected chi connectivity index (χ3v) is 5.14. The fraction of sp³-hybridized carbons (Fsp3) is 0.556. The zero-order valence-corrected chi connectivity index (χ0v) is 13.8. The molecule has 2 unspecified atom stereocenters. The molecule has 25 heavy (non-hydrogen) atoms. The lowest BCUT2D eigenvalue weighted by atomic mass is 10.2. The molecule has 0 aromatic carbocycles. The van der Waals surface area contributed by atoms with Gasteiger partial charge in [-0.3, -0.25) is 14.3 Å². The van der Waals surface area contributed by atoms with Crippen molar-refractivity contribution in [3.63, 3.8) is 0 Å². The van der Waals surface area contributed by atoms with Crippen LogP contribution >= 0.6 is 15.6 Å². The molecular formula is C9H13FN2O11P2. The van der Waals surface area contributed by atoms with Crippen LogP contribution in [0.2, 0.25) is 0 Å². The van der Waals surface area contributed by atoms with Crippen LogP contribution < -0.4 is 11.2 Å². The summed E-state index contributed by atoms with van der Waals surface area (Å²) in [4.78, 5) is 50.5. The number of alkyl halides is 1. The molecule has 5 N–H and O–H groups in total. The Morgan fingerprint density at radius 3 is 2.56 bits per heavy atom. The first-order valence-electron chi connectivity index (χ1n) is 6.45. The summed E-state index contributed by atoms with van der Waals surface area (Å²) in [5.74, 6) is 0. The van der Waals surface area contributed by atoms with Crippen LogP contribution in [0.3, 0.4) is 0 Å². The summed E-state index contributed by atoms with van der Waals surface area (Å²) in [6.07, 6.45) is -6.83. The molecule has 142 valence electrons. The Kier molecular flexibility index (Phi) is 5.78. The Morgan fingerprint density at radius 1 is 1.36 bits per heavy atom. The van der Waals surface area contributed by atoms with E-state index in [2.05, 4.69) is 8.83 Å². The minimum Gasteiger partial charge on any atom is -0.390 e. The summed E-state index contributed by atoms with van der Waals surface area (Å²) in [5.41, 5.74) is -1.60. The van der Waals surface area contributed by atoms with Crippen LogP contribution in [0.1, 0.15) is 12.6 Å². The van der Waals surface area contributed by atoms with Crippen LogP contribution in [0, 0.1) is 0 Å². The van der Waals surface area contributed by atoms with Crippen LogP contribution in [0.15, 0.2) is 21.9 Å². The van der Waals surface area contributed by atoms with E-state index in [-0.39, 0.29) is 6.42 Å². The molecule has 1 aliphatic heterocycles. The number of aromatic amines is 1. The number of halogens is 1. The largest absolute Gasteiger partial charge is 0.483 e. The maximum atomic E-state index is 14.0. The van der Waals surface area contributed by atoms with Gasteiger partial charge in [0.1, 0.15) is 12.3 Å². The SMILES string of the molecule is O=c1ccn([C@H]2C[C@H](O)[C@@H](C(F)OP(=O)(O)OP(=O)(O)O)O2)c(=O)[nH]1. The number of rotatable bonds is 6. The molecule has 1 saturated heterocycles. The Bertz CT molecular complexity index is 833. The second kappa shape index (κ2) is 7.19. The average molecular weight is 406 g/mol. The number of ether oxygens (including phenoxy) is 1. The first-order valence-corrected chi connectivity index (χ1v) is 9.48. The highest BCUT2D eigenvalue weighted by atomic mass is 31.3. The predicted octanol–water partition coefficient (Wildman–Crippen LogP) is -1.29. The van der Waals surface area contributed by atoms with Gasteiger partial charge >= 0.3 is 21.3 Å². The minimum atomic E-state index is -5.50. The number of nitrogens with one attached hydrogen (secondary N) is 1. The van der Waals surface area contributed by atoms with E-state index in [0.29, 0.717) is 0 Å². The van der Waals surface area contributed by atoms with Gasteiger partial charge in [-0.25, -0.2) is 22.8 Å². The zero-order valence-electron chi connectivity index (χ0n) is 12.0. The van der Waals surface area contributed by atoms with Crippen molar-refractivity contribution in [1.82, 2.24) is 9.55 Å². The number of hydrogen-bond acceptors (Lipinski definition) is 8. The van der Waals surface area contributed by atoms with Gasteiger partial charge in [0.25, 0.3) is 5.56 Å². The monoisotopic (exact) mass is 406 g/mol. The Balaban J connectivity index is 2.10. The first kappa shape index (κ1) is 20.1. The van der Waals surface area contributed by atoms with E-state index in [4.69, 9.17) is 19.4 Å². The summed E-state index contributed by atoms with van der Waals surface area (Å²) < 4.78 is 48.9. The topological polar surface area (TPSA) is 198 Å². The van der Waals surface area contributed by atoms with E-state index in [1.165, 1.54) is 0 Å². The zero-order chi connectivity index (χ0) is 19.0. The van der Waals surface area contributed by atoms with Crippen molar-refractivity contribution in [3.8, 4) is 0 Å². The summed E-state index contributed by atoms with van der Waals surface area (Å²) in [6, 6.07) is 0.976. The van der Waals surface area contributed by atoms with Crippen LogP contribution in [-0.2, 0) is 22.7 Å². The molecule has 1 fully saturated rings. The summed E-state index contributed by atoms with van der Waals surface area (Å²) in [5, 5.41) is 9.77. The van der Waals surface area contributed by atoms with E-state index < -0.39 is 51.7 Å². The van der Waals surface area contributed by atoms with Gasteiger partial charge in [0.2, 0.25) is 6.36 Å². The van der Waals surface area contributed by atoms with E-state index in [1.54, 1.807) is 0 Å². The van der Waals surface area contributed by atoms with Gasteiger partial charge in [0.15, 0.2) is 0 Å². The van der Waals surface area contributed by atoms with Crippen molar-refractivity contribution in [1.29, 1.82) is 0 Å². The number of nitrogens with zero attached hydrogens (tertiary/aromatic N) is 1. The van der Waals surface area contributed by atoms with Crippen molar-refractivity contribution in [2.75, 3.05) is 0 Å². The molecule has 0 spiro atoms. The lowest BCUT2D eigenvalue weighted by molar-refractivity contribution is -0.125. The van der Waals surface area contributed by atoms with E-state index >= 15 is 0 Å². The Morgan fingerprint density at radius 2 is 2.00 bits per heavy atom. The summed E-state index contributed by atoms with van der Waals surface area (Å²) in [7, 11) is -11.0. The number of hydrogen-bond donors (Lipinski definition) is 5. The third kappa shape index (κ3) is 5.38. The highest BCUT2D eigenvalue weighted by molar-refractivity contribution is 7.60. The van der Waals surface area contributed by atoms with Crippen molar-refractivity contribution in [2.24, 2.45) is 0 Å². The first-order chi connectivity index (χ1) is 11.4. The number of aliphatic hydroxyl groups excluding tert-OH is 1. The maximum Gasteiger partial charge on any atom is 0.483 e. The lowest BCUT2D eigenvalue weighted by Gasteiger charge is -2.21. The second-order valence-corrected chi connectivity index (χ2v) is 7.66. The van der Waals surface area contributed by atoms with Gasteiger partial charge in [-0.1, -0.05) is 0 Å². The number of H-pyrrole nitrogens is 1. The molecule has 1 aliphatic rings. The number of phosphoric ester groups is 1. The molecule has 2 heterocycles. The van der Waals surface area contributed by atoms with Crippen molar-refractivity contribution < 1.29 is 46.9 Å². The number of phosphoric acid groups is 2. The second-order valence-electron chi connectivity index (χ2n) is 4.87. The molecule has 16 heteroatoms. The smallest absolute Gasteiger partial charge is 0.390 e. The molecule has 0 aliphatic carbocycles. The van der Waals surface area contributed by atoms with E-state index in [1.807, 2.05) is 4.98 Å². The van der Waals surface area contributed by atoms with Gasteiger partial charge in [0.05, 0.1) is 6.10 Å². The van der Waals surface area contributed by atoms with Gasteiger partial charge in [0, 0.05) is 18.7 Å². The number of aliphatic hydroxyl groups is 1. The molecular weight excluding hydrogens is 393 g/mol.